The highest BCUT2D eigenvalue weighted by Crippen LogP contribution is 2.37. The Morgan fingerprint density at radius 1 is 0.972 bits per heavy atom. The molecule has 3 aromatic rings. The summed E-state index contributed by atoms with van der Waals surface area (Å²) in [5.41, 5.74) is -0.328. The molecule has 1 amide bonds. The third kappa shape index (κ3) is 6.41. The minimum atomic E-state index is -4.53. The number of carbonyl (C=O) groups is 1. The van der Waals surface area contributed by atoms with Gasteiger partial charge in [-0.25, -0.2) is 8.42 Å². The molecule has 12 heteroatoms. The van der Waals surface area contributed by atoms with Crippen molar-refractivity contribution < 1.29 is 35.9 Å². The van der Waals surface area contributed by atoms with Crippen LogP contribution in [0.1, 0.15) is 21.5 Å². The van der Waals surface area contributed by atoms with Gasteiger partial charge in [0, 0.05) is 16.8 Å². The van der Waals surface area contributed by atoms with Crippen molar-refractivity contribution in [3.63, 3.8) is 0 Å². The fraction of sp³-hybridized carbons (Fsp3) is 0.208. The summed E-state index contributed by atoms with van der Waals surface area (Å²) in [4.78, 5) is 13.2. The molecule has 0 radical (unpaired) electrons. The summed E-state index contributed by atoms with van der Waals surface area (Å²) in [7, 11) is -1.22. The number of alkyl halides is 3. The number of sulfonamides is 1. The molecule has 3 aromatic carbocycles. The van der Waals surface area contributed by atoms with E-state index in [1.165, 1.54) is 26.4 Å². The average molecular weight is 543 g/mol. The molecule has 7 nitrogen and oxygen atoms in total. The van der Waals surface area contributed by atoms with Gasteiger partial charge in [0.2, 0.25) is 10.0 Å². The topological polar surface area (TPSA) is 84.9 Å². The predicted octanol–water partition coefficient (Wildman–Crippen LogP) is 5.59. The maximum atomic E-state index is 13.2. The lowest BCUT2D eigenvalue weighted by Gasteiger charge is -2.26. The molecular weight excluding hydrogens is 521 g/mol. The van der Waals surface area contributed by atoms with Gasteiger partial charge in [0.25, 0.3) is 5.91 Å². The van der Waals surface area contributed by atoms with Gasteiger partial charge in [-0.3, -0.25) is 9.10 Å². The van der Waals surface area contributed by atoms with Crippen LogP contribution in [0.5, 0.6) is 11.5 Å². The van der Waals surface area contributed by atoms with Gasteiger partial charge < -0.3 is 14.8 Å². The Morgan fingerprint density at radius 3 is 2.03 bits per heavy atom. The Kier molecular flexibility index (Phi) is 8.05. The molecule has 0 atom stereocenters. The van der Waals surface area contributed by atoms with E-state index in [0.717, 1.165) is 34.8 Å². The van der Waals surface area contributed by atoms with Gasteiger partial charge >= 0.3 is 6.18 Å². The van der Waals surface area contributed by atoms with Crippen LogP contribution in [0, 0.1) is 0 Å². The summed E-state index contributed by atoms with van der Waals surface area (Å²) in [6.45, 7) is -0.133. The van der Waals surface area contributed by atoms with Crippen LogP contribution in [0.15, 0.2) is 60.7 Å². The molecule has 0 saturated carbocycles. The highest BCUT2D eigenvalue weighted by molar-refractivity contribution is 7.92. The van der Waals surface area contributed by atoms with Crippen molar-refractivity contribution in [1.82, 2.24) is 0 Å². The van der Waals surface area contributed by atoms with Crippen LogP contribution in [0.3, 0.4) is 0 Å². The van der Waals surface area contributed by atoms with E-state index >= 15 is 0 Å². The smallest absolute Gasteiger partial charge is 0.416 e. The molecule has 1 N–H and O–H groups in total. The number of benzene rings is 3. The number of methoxy groups -OCH3 is 2. The number of nitrogens with zero attached hydrogens (tertiary/aromatic N) is 1. The molecule has 3 rings (SSSR count). The molecule has 36 heavy (non-hydrogen) atoms. The van der Waals surface area contributed by atoms with Crippen molar-refractivity contribution in [3.05, 3.63) is 82.4 Å². The SMILES string of the molecule is COc1cc(C(=O)Nc2ccc(C(F)(F)F)cc2)c(N(Cc2ccc(Cl)cc2)S(C)(=O)=O)cc1OC. The van der Waals surface area contributed by atoms with E-state index in [9.17, 15) is 26.4 Å². The minimum Gasteiger partial charge on any atom is -0.493 e. The molecule has 0 aliphatic heterocycles. The van der Waals surface area contributed by atoms with Crippen LogP contribution in [-0.2, 0) is 22.7 Å². The molecule has 0 unspecified atom stereocenters. The third-order valence-corrected chi connectivity index (χ3v) is 6.50. The second-order valence-electron chi connectivity index (χ2n) is 7.65. The number of rotatable bonds is 8. The molecule has 0 heterocycles. The van der Waals surface area contributed by atoms with Crippen molar-refractivity contribution in [2.45, 2.75) is 12.7 Å². The highest BCUT2D eigenvalue weighted by atomic mass is 35.5. The van der Waals surface area contributed by atoms with Gasteiger partial charge in [-0.15, -0.1) is 0 Å². The molecule has 0 saturated heterocycles. The Balaban J connectivity index is 2.08. The largest absolute Gasteiger partial charge is 0.493 e. The summed E-state index contributed by atoms with van der Waals surface area (Å²) < 4.78 is 75.8. The maximum Gasteiger partial charge on any atom is 0.416 e. The van der Waals surface area contributed by atoms with Crippen LogP contribution in [0.2, 0.25) is 5.02 Å². The van der Waals surface area contributed by atoms with E-state index in [1.807, 2.05) is 0 Å². The molecule has 0 aliphatic rings. The van der Waals surface area contributed by atoms with E-state index in [1.54, 1.807) is 24.3 Å². The van der Waals surface area contributed by atoms with Crippen LogP contribution in [-0.4, -0.2) is 34.8 Å². The number of anilines is 2. The fourth-order valence-electron chi connectivity index (χ4n) is 3.33. The van der Waals surface area contributed by atoms with Crippen molar-refractivity contribution in [2.75, 3.05) is 30.1 Å². The molecule has 0 bridgehead atoms. The van der Waals surface area contributed by atoms with Crippen LogP contribution in [0.25, 0.3) is 0 Å². The van der Waals surface area contributed by atoms with Crippen LogP contribution >= 0.6 is 11.6 Å². The lowest BCUT2D eigenvalue weighted by atomic mass is 10.1. The summed E-state index contributed by atoms with van der Waals surface area (Å²) in [6.07, 6.45) is -3.55. The number of amides is 1. The summed E-state index contributed by atoms with van der Waals surface area (Å²) in [5, 5.41) is 2.97. The maximum absolute atomic E-state index is 13.2. The van der Waals surface area contributed by atoms with Crippen molar-refractivity contribution >= 4 is 38.9 Å². The summed E-state index contributed by atoms with van der Waals surface area (Å²) in [6, 6.07) is 13.0. The monoisotopic (exact) mass is 542 g/mol. The first-order valence-corrected chi connectivity index (χ1v) is 12.5. The zero-order chi connectivity index (χ0) is 26.7. The highest BCUT2D eigenvalue weighted by Gasteiger charge is 2.30. The number of carbonyl (C=O) groups excluding carboxylic acids is 1. The average Bonchev–Trinajstić information content (AvgIpc) is 2.81. The molecule has 0 aromatic heterocycles. The number of nitrogens with one attached hydrogen (secondary N) is 1. The standard InChI is InChI=1S/C24H22ClF3N2O5S/c1-34-21-12-19(23(31)29-18-10-6-16(7-11-18)24(26,27)28)20(13-22(21)35-2)30(36(3,32)33)14-15-4-8-17(25)9-5-15/h4-13H,14H2,1-3H3,(H,29,31). The lowest BCUT2D eigenvalue weighted by Crippen LogP contribution is -2.31. The predicted molar refractivity (Wildman–Crippen MR) is 131 cm³/mol. The van der Waals surface area contributed by atoms with Gasteiger partial charge in [0.15, 0.2) is 11.5 Å². The Bertz CT molecular complexity index is 1350. The molecular formula is C24H22ClF3N2O5S. The zero-order valence-corrected chi connectivity index (χ0v) is 21.0. The first-order valence-electron chi connectivity index (χ1n) is 10.3. The quantitative estimate of drug-likeness (QED) is 0.401. The normalized spacial score (nSPS) is 11.6. The number of hydrogen-bond acceptors (Lipinski definition) is 5. The number of hydrogen-bond donors (Lipinski definition) is 1. The van der Waals surface area contributed by atoms with E-state index in [2.05, 4.69) is 5.32 Å². The molecule has 0 aliphatic carbocycles. The summed E-state index contributed by atoms with van der Waals surface area (Å²) >= 11 is 5.93. The van der Waals surface area contributed by atoms with Gasteiger partial charge in [-0.1, -0.05) is 23.7 Å². The molecule has 192 valence electrons. The summed E-state index contributed by atoms with van der Waals surface area (Å²) in [5.74, 6) is -0.447. The Labute approximate surface area is 211 Å². The van der Waals surface area contributed by atoms with E-state index in [0.29, 0.717) is 10.6 Å². The van der Waals surface area contributed by atoms with Crippen molar-refractivity contribution in [2.24, 2.45) is 0 Å². The van der Waals surface area contributed by atoms with Gasteiger partial charge in [-0.05, 0) is 48.0 Å². The van der Waals surface area contributed by atoms with E-state index in [4.69, 9.17) is 21.1 Å². The van der Waals surface area contributed by atoms with Crippen molar-refractivity contribution in [1.29, 1.82) is 0 Å². The first kappa shape index (κ1) is 27.2. The van der Waals surface area contributed by atoms with Crippen LogP contribution in [0.4, 0.5) is 24.5 Å². The van der Waals surface area contributed by atoms with E-state index in [-0.39, 0.29) is 35.0 Å². The Morgan fingerprint density at radius 2 is 1.53 bits per heavy atom. The van der Waals surface area contributed by atoms with Crippen molar-refractivity contribution in [3.8, 4) is 11.5 Å². The second kappa shape index (κ2) is 10.7. The number of ether oxygens (including phenoxy) is 2. The Hall–Kier alpha value is -3.44. The first-order chi connectivity index (χ1) is 16.8. The zero-order valence-electron chi connectivity index (χ0n) is 19.4. The fourth-order valence-corrected chi connectivity index (χ4v) is 4.35. The molecule has 0 fully saturated rings. The third-order valence-electron chi connectivity index (χ3n) is 5.13. The van der Waals surface area contributed by atoms with Gasteiger partial charge in [0.1, 0.15) is 0 Å². The number of halogens is 4. The second-order valence-corrected chi connectivity index (χ2v) is 9.99. The van der Waals surface area contributed by atoms with Gasteiger partial charge in [-0.2, -0.15) is 13.2 Å². The van der Waals surface area contributed by atoms with Gasteiger partial charge in [0.05, 0.1) is 43.8 Å². The minimum absolute atomic E-state index is 0.0190. The lowest BCUT2D eigenvalue weighted by molar-refractivity contribution is -0.137. The van der Waals surface area contributed by atoms with E-state index < -0.39 is 27.7 Å². The van der Waals surface area contributed by atoms with Crippen LogP contribution < -0.4 is 19.1 Å². The molecule has 0 spiro atoms.